The van der Waals surface area contributed by atoms with Crippen LogP contribution in [0.4, 0.5) is 0 Å². The number of benzene rings is 2. The van der Waals surface area contributed by atoms with Gasteiger partial charge in [0.15, 0.2) is 0 Å². The number of aliphatic hydroxyl groups excluding tert-OH is 1. The van der Waals surface area contributed by atoms with Crippen molar-refractivity contribution >= 4 is 27.7 Å². The molecule has 2 aromatic carbocycles. The van der Waals surface area contributed by atoms with Gasteiger partial charge in [0.2, 0.25) is 10.0 Å². The second-order valence-corrected chi connectivity index (χ2v) is 9.70. The summed E-state index contributed by atoms with van der Waals surface area (Å²) in [5.74, 6) is 0.249. The molecule has 0 saturated heterocycles. The number of aliphatic hydroxyl groups is 1. The van der Waals surface area contributed by atoms with Gasteiger partial charge in [0.1, 0.15) is 0 Å². The van der Waals surface area contributed by atoms with Crippen LogP contribution < -0.4 is 0 Å². The quantitative estimate of drug-likeness (QED) is 0.630. The Morgan fingerprint density at radius 1 is 1.11 bits per heavy atom. The molecule has 0 heterocycles. The molecule has 0 fully saturated rings. The first-order valence-corrected chi connectivity index (χ1v) is 11.2. The fraction of sp³-hybridized carbons (Fsp3) is 0.364. The lowest BCUT2D eigenvalue weighted by atomic mass is 10.0. The molecule has 4 nitrogen and oxygen atoms in total. The second-order valence-electron chi connectivity index (χ2n) is 7.37. The summed E-state index contributed by atoms with van der Waals surface area (Å²) in [5.41, 5.74) is 1.90. The van der Waals surface area contributed by atoms with Crippen molar-refractivity contribution in [2.45, 2.75) is 38.1 Å². The van der Waals surface area contributed by atoms with Gasteiger partial charge in [-0.1, -0.05) is 67.4 Å². The van der Waals surface area contributed by atoms with E-state index in [1.54, 1.807) is 12.1 Å². The van der Waals surface area contributed by atoms with E-state index in [0.717, 1.165) is 11.1 Å². The normalized spacial score (nSPS) is 13.9. The van der Waals surface area contributed by atoms with Crippen molar-refractivity contribution in [3.63, 3.8) is 0 Å². The fourth-order valence-corrected chi connectivity index (χ4v) is 4.90. The van der Waals surface area contributed by atoms with Crippen molar-refractivity contribution < 1.29 is 13.5 Å². The molecule has 28 heavy (non-hydrogen) atoms. The number of hydrogen-bond acceptors (Lipinski definition) is 3. The fourth-order valence-electron chi connectivity index (χ4n) is 3.10. The van der Waals surface area contributed by atoms with Crippen molar-refractivity contribution in [1.82, 2.24) is 4.31 Å². The van der Waals surface area contributed by atoms with Crippen molar-refractivity contribution in [2.24, 2.45) is 5.92 Å². The molecule has 0 aliphatic carbocycles. The monoisotopic (exact) mass is 421 g/mol. The Bertz CT molecular complexity index is 878. The van der Waals surface area contributed by atoms with E-state index in [1.165, 1.54) is 16.4 Å². The highest BCUT2D eigenvalue weighted by molar-refractivity contribution is 7.89. The highest BCUT2D eigenvalue weighted by Gasteiger charge is 2.31. The van der Waals surface area contributed by atoms with E-state index < -0.39 is 16.1 Å². The maximum Gasteiger partial charge on any atom is 0.243 e. The molecule has 0 aliphatic rings. The van der Waals surface area contributed by atoms with Crippen LogP contribution >= 0.6 is 11.6 Å². The van der Waals surface area contributed by atoms with Gasteiger partial charge in [-0.15, -0.1) is 0 Å². The zero-order valence-corrected chi connectivity index (χ0v) is 18.1. The van der Waals surface area contributed by atoms with Gasteiger partial charge in [-0.3, -0.25) is 0 Å². The zero-order valence-electron chi connectivity index (χ0n) is 16.5. The van der Waals surface area contributed by atoms with Crippen LogP contribution in [-0.4, -0.2) is 37.0 Å². The molecule has 0 amide bonds. The Balaban J connectivity index is 2.41. The minimum Gasteiger partial charge on any atom is -0.395 e. The molecule has 0 aliphatic heterocycles. The summed E-state index contributed by atoms with van der Waals surface area (Å²) in [6.07, 6.45) is 2.54. The summed E-state index contributed by atoms with van der Waals surface area (Å²) in [6, 6.07) is 15.4. The highest BCUT2D eigenvalue weighted by Crippen LogP contribution is 2.25. The van der Waals surface area contributed by atoms with E-state index in [2.05, 4.69) is 0 Å². The first-order chi connectivity index (χ1) is 13.2. The molecule has 2 aromatic rings. The molecule has 1 N–H and O–H groups in total. The van der Waals surface area contributed by atoms with Gasteiger partial charge in [-0.05, 0) is 49.1 Å². The van der Waals surface area contributed by atoms with Gasteiger partial charge >= 0.3 is 0 Å². The SMILES string of the molecule is C/C(=C\c1ccccc1)CN(C(CO)CC(C)C)S(=O)(=O)c1ccc(Cl)cc1. The first kappa shape index (κ1) is 22.6. The Morgan fingerprint density at radius 2 is 1.71 bits per heavy atom. The summed E-state index contributed by atoms with van der Waals surface area (Å²) in [7, 11) is -3.79. The Morgan fingerprint density at radius 3 is 2.25 bits per heavy atom. The largest absolute Gasteiger partial charge is 0.395 e. The van der Waals surface area contributed by atoms with Crippen molar-refractivity contribution in [1.29, 1.82) is 0 Å². The number of sulfonamides is 1. The van der Waals surface area contributed by atoms with Crippen molar-refractivity contribution in [2.75, 3.05) is 13.2 Å². The van der Waals surface area contributed by atoms with E-state index in [9.17, 15) is 13.5 Å². The minimum absolute atomic E-state index is 0.173. The molecule has 1 atom stereocenters. The Hall–Kier alpha value is -1.66. The van der Waals surface area contributed by atoms with Gasteiger partial charge in [0.25, 0.3) is 0 Å². The van der Waals surface area contributed by atoms with Gasteiger partial charge in [0.05, 0.1) is 11.5 Å². The van der Waals surface area contributed by atoms with Gasteiger partial charge in [-0.25, -0.2) is 8.42 Å². The maximum absolute atomic E-state index is 13.4. The molecule has 152 valence electrons. The van der Waals surface area contributed by atoms with Gasteiger partial charge in [0, 0.05) is 17.6 Å². The average molecular weight is 422 g/mol. The first-order valence-electron chi connectivity index (χ1n) is 9.34. The Labute approximate surface area is 173 Å². The van der Waals surface area contributed by atoms with Gasteiger partial charge < -0.3 is 5.11 Å². The average Bonchev–Trinajstić information content (AvgIpc) is 2.65. The van der Waals surface area contributed by atoms with Crippen LogP contribution in [-0.2, 0) is 10.0 Å². The summed E-state index contributed by atoms with van der Waals surface area (Å²) in [6.45, 7) is 5.91. The molecule has 0 saturated carbocycles. The second kappa shape index (κ2) is 10.2. The molecule has 0 aromatic heterocycles. The molecule has 0 spiro atoms. The molecule has 6 heteroatoms. The lowest BCUT2D eigenvalue weighted by Gasteiger charge is -2.31. The van der Waals surface area contributed by atoms with E-state index in [-0.39, 0.29) is 24.0 Å². The van der Waals surface area contributed by atoms with E-state index in [1.807, 2.05) is 57.2 Å². The minimum atomic E-state index is -3.79. The number of rotatable bonds is 9. The highest BCUT2D eigenvalue weighted by atomic mass is 35.5. The van der Waals surface area contributed by atoms with Crippen molar-refractivity contribution in [3.05, 3.63) is 70.8 Å². The third-order valence-electron chi connectivity index (χ3n) is 4.40. The number of nitrogens with zero attached hydrogens (tertiary/aromatic N) is 1. The van der Waals surface area contributed by atoms with Crippen LogP contribution in [0.15, 0.2) is 65.1 Å². The van der Waals surface area contributed by atoms with Crippen LogP contribution in [0.1, 0.15) is 32.8 Å². The van der Waals surface area contributed by atoms with E-state index in [0.29, 0.717) is 11.4 Å². The van der Waals surface area contributed by atoms with Crippen LogP contribution in [0.2, 0.25) is 5.02 Å². The van der Waals surface area contributed by atoms with Crippen LogP contribution in [0, 0.1) is 5.92 Å². The van der Waals surface area contributed by atoms with Crippen LogP contribution in [0.3, 0.4) is 0 Å². The maximum atomic E-state index is 13.4. The summed E-state index contributed by atoms with van der Waals surface area (Å²) in [4.78, 5) is 0.173. The number of halogens is 1. The summed E-state index contributed by atoms with van der Waals surface area (Å²) in [5, 5.41) is 10.4. The molecular weight excluding hydrogens is 394 g/mol. The Kier molecular flexibility index (Phi) is 8.25. The summed E-state index contributed by atoms with van der Waals surface area (Å²) >= 11 is 5.92. The van der Waals surface area contributed by atoms with Gasteiger partial charge in [-0.2, -0.15) is 4.31 Å². The third kappa shape index (κ3) is 6.17. The predicted octanol–water partition coefficient (Wildman–Crippen LogP) is 4.84. The molecule has 1 unspecified atom stereocenters. The molecular formula is C22H28ClNO3S. The van der Waals surface area contributed by atoms with Crippen LogP contribution in [0.25, 0.3) is 6.08 Å². The van der Waals surface area contributed by atoms with Crippen molar-refractivity contribution in [3.8, 4) is 0 Å². The lowest BCUT2D eigenvalue weighted by molar-refractivity contribution is 0.173. The molecule has 2 rings (SSSR count). The van der Waals surface area contributed by atoms with E-state index in [4.69, 9.17) is 11.6 Å². The summed E-state index contributed by atoms with van der Waals surface area (Å²) < 4.78 is 28.1. The van der Waals surface area contributed by atoms with E-state index >= 15 is 0 Å². The smallest absolute Gasteiger partial charge is 0.243 e. The lowest BCUT2D eigenvalue weighted by Crippen LogP contribution is -2.44. The number of hydrogen-bond donors (Lipinski definition) is 1. The standard InChI is InChI=1S/C22H28ClNO3S/c1-17(2)13-21(16-25)24(15-18(3)14-19-7-5-4-6-8-19)28(26,27)22-11-9-20(23)10-12-22/h4-12,14,17,21,25H,13,15-16H2,1-3H3/b18-14+. The molecule has 0 bridgehead atoms. The third-order valence-corrected chi connectivity index (χ3v) is 6.56. The zero-order chi connectivity index (χ0) is 20.7. The predicted molar refractivity (Wildman–Crippen MR) is 116 cm³/mol. The van der Waals surface area contributed by atoms with Crippen LogP contribution in [0.5, 0.6) is 0 Å². The molecule has 0 radical (unpaired) electrons. The topological polar surface area (TPSA) is 57.6 Å².